The molecule has 0 atom stereocenters. The van der Waals surface area contributed by atoms with E-state index in [1.54, 1.807) is 0 Å². The molecule has 257 valence electrons. The molecule has 0 N–H and O–H groups in total. The van der Waals surface area contributed by atoms with Crippen molar-refractivity contribution in [3.63, 3.8) is 0 Å². The molecule has 0 unspecified atom stereocenters. The minimum absolute atomic E-state index is 0.601. The number of hydrogen-bond acceptors (Lipinski definition) is 3. The van der Waals surface area contributed by atoms with E-state index in [9.17, 15) is 0 Å². The van der Waals surface area contributed by atoms with E-state index in [4.69, 9.17) is 4.74 Å². The number of fused-ring (bicyclic) bond motifs is 6. The summed E-state index contributed by atoms with van der Waals surface area (Å²) < 4.78 is 12.8. The Kier molecular flexibility index (Phi) is 10.0. The van der Waals surface area contributed by atoms with E-state index in [0.717, 1.165) is 0 Å². The Morgan fingerprint density at radius 3 is 1.71 bits per heavy atom. The summed E-state index contributed by atoms with van der Waals surface area (Å²) in [6.45, 7) is 9.95. The van der Waals surface area contributed by atoms with E-state index >= 15 is 0 Å². The molecule has 3 heterocycles. The van der Waals surface area contributed by atoms with Crippen LogP contribution in [0.5, 0.6) is 0 Å². The molecule has 2 aromatic heterocycles. The van der Waals surface area contributed by atoms with Gasteiger partial charge in [-0.1, -0.05) is 0 Å². The van der Waals surface area contributed by atoms with Gasteiger partial charge >= 0.3 is 327 Å². The molecule has 1 saturated heterocycles. The summed E-state index contributed by atoms with van der Waals surface area (Å²) in [6, 6.07) is 43.2. The molecule has 0 saturated carbocycles. The van der Waals surface area contributed by atoms with Crippen LogP contribution in [0.1, 0.15) is 34.7 Å². The van der Waals surface area contributed by atoms with Crippen molar-refractivity contribution in [3.8, 4) is 4.37 Å². The molecule has 0 amide bonds. The first-order chi connectivity index (χ1) is 25.5. The average Bonchev–Trinajstić information content (AvgIpc) is 3.94. The quantitative estimate of drug-likeness (QED) is 0.145. The second-order valence-corrected chi connectivity index (χ2v) is 19.3. The Morgan fingerprint density at radius 1 is 0.673 bits per heavy atom. The van der Waals surface area contributed by atoms with Crippen LogP contribution in [-0.4, -0.2) is 13.2 Å². The van der Waals surface area contributed by atoms with Crippen LogP contribution in [0, 0.1) is 18.2 Å². The normalized spacial score (nSPS) is 15.8. The van der Waals surface area contributed by atoms with Gasteiger partial charge < -0.3 is 0 Å². The summed E-state index contributed by atoms with van der Waals surface area (Å²) in [5.41, 5.74) is 6.38. The van der Waals surface area contributed by atoms with E-state index in [1.807, 2.05) is 40.6 Å². The molecule has 0 aliphatic carbocycles. The van der Waals surface area contributed by atoms with Crippen molar-refractivity contribution in [2.45, 2.75) is 27.7 Å². The molecule has 1 aliphatic heterocycles. The standard InChI is InChI=1S/C47H39OPS2.Os/c1-6-17-39-27-43-41-24-31(3)32(4)25-42(41)44-28-45(51-47(44)46(43)50-39)40(26-35-30-48-29-34(35)7-2)33(5)49(36-18-11-8-12-19-36,37-20-13-9-14-21-37)38-22-15-10-16-23-38;/h6-28H,29-30H2,1-4H3;/q+1;/b17-6+,34-7?,35-26?,40-33?;. The van der Waals surface area contributed by atoms with Gasteiger partial charge in [-0.3, -0.25) is 0 Å². The Balaban J connectivity index is 1.56. The third-order valence-corrected chi connectivity index (χ3v) is 18.0. The van der Waals surface area contributed by atoms with Crippen LogP contribution >= 0.6 is 29.9 Å². The monoisotopic (exact) mass is 906 g/mol. The van der Waals surface area contributed by atoms with Crippen molar-refractivity contribution in [3.05, 3.63) is 171 Å². The molecule has 52 heavy (non-hydrogen) atoms. The van der Waals surface area contributed by atoms with Gasteiger partial charge in [0.25, 0.3) is 0 Å². The first kappa shape index (κ1) is 35.1. The molecule has 7 aromatic rings. The summed E-state index contributed by atoms with van der Waals surface area (Å²) in [7, 11) is -2.46. The maximum atomic E-state index is 6.10. The second kappa shape index (κ2) is 14.8. The van der Waals surface area contributed by atoms with Crippen molar-refractivity contribution < 1.29 is 22.7 Å². The fourth-order valence-electron chi connectivity index (χ4n) is 7.55. The fourth-order valence-corrected chi connectivity index (χ4v) is 15.9. The number of benzene rings is 5. The molecule has 0 bridgehead atoms. The zero-order valence-corrected chi connectivity index (χ0v) is 34.8. The molecule has 1 fully saturated rings. The van der Waals surface area contributed by atoms with Crippen LogP contribution in [0.15, 0.2) is 150 Å². The number of aryl methyl sites for hydroxylation is 2. The van der Waals surface area contributed by atoms with E-state index in [1.165, 1.54) is 89.8 Å². The van der Waals surface area contributed by atoms with Crippen molar-refractivity contribution in [1.29, 1.82) is 0 Å². The van der Waals surface area contributed by atoms with Crippen LogP contribution < -0.4 is 15.9 Å². The second-order valence-electron chi connectivity index (χ2n) is 13.2. The van der Waals surface area contributed by atoms with Gasteiger partial charge in [0.1, 0.15) is 0 Å². The summed E-state index contributed by atoms with van der Waals surface area (Å²) >= 11 is 5.69. The fraction of sp³-hybridized carbons (Fsp3) is 0.128. The Labute approximate surface area is 325 Å². The molecule has 1 aliphatic rings. The summed E-state index contributed by atoms with van der Waals surface area (Å²) in [6.07, 6.45) is 9.05. The minimum atomic E-state index is -2.46. The number of ether oxygens (including phenoxy) is 1. The molecular weight excluding hydrogens is 866 g/mol. The van der Waals surface area contributed by atoms with Crippen LogP contribution in [0.25, 0.3) is 42.6 Å². The summed E-state index contributed by atoms with van der Waals surface area (Å²) in [4.78, 5) is 2.55. The molecule has 0 radical (unpaired) electrons. The number of thiophene rings is 2. The zero-order valence-electron chi connectivity index (χ0n) is 29.7. The van der Waals surface area contributed by atoms with Crippen LogP contribution in [0.2, 0.25) is 0 Å². The van der Waals surface area contributed by atoms with E-state index in [-0.39, 0.29) is 0 Å². The first-order valence-electron chi connectivity index (χ1n) is 17.6. The van der Waals surface area contributed by atoms with Crippen LogP contribution in [0.4, 0.5) is 0 Å². The van der Waals surface area contributed by atoms with Gasteiger partial charge in [0.2, 0.25) is 0 Å². The van der Waals surface area contributed by atoms with E-state index in [2.05, 4.69) is 172 Å². The number of allylic oxidation sites excluding steroid dienone is 5. The molecule has 5 heteroatoms. The maximum absolute atomic E-state index is 6.10. The van der Waals surface area contributed by atoms with Gasteiger partial charge in [0.05, 0.1) is 0 Å². The third-order valence-electron chi connectivity index (χ3n) is 10.2. The third kappa shape index (κ3) is 5.98. The van der Waals surface area contributed by atoms with Gasteiger partial charge in [-0.15, -0.1) is 0 Å². The van der Waals surface area contributed by atoms with Crippen LogP contribution in [-0.2, 0) is 22.7 Å². The van der Waals surface area contributed by atoms with E-state index < -0.39 is 7.26 Å². The number of hydrogen-bond donors (Lipinski definition) is 0. The molecule has 0 spiro atoms. The summed E-state index contributed by atoms with van der Waals surface area (Å²) in [5.74, 6) is 0. The Bertz CT molecular complexity index is 2540. The van der Waals surface area contributed by atoms with Gasteiger partial charge in [-0.25, -0.2) is 0 Å². The van der Waals surface area contributed by atoms with Crippen molar-refractivity contribution in [2.24, 2.45) is 0 Å². The SMILES string of the molecule is CC=C1COCC1=CC(=C([C]#[Os])[P+](c1ccccc1)(c1ccccc1)c1ccccc1)c1cc2c3cc(C)c(C)cc3c3cc(/C=C/C)sc3c2s1. The summed E-state index contributed by atoms with van der Waals surface area (Å²) in [5, 5.41) is 10.5. The predicted molar refractivity (Wildman–Crippen MR) is 228 cm³/mol. The van der Waals surface area contributed by atoms with Crippen molar-refractivity contribution in [1.82, 2.24) is 0 Å². The van der Waals surface area contributed by atoms with Gasteiger partial charge in [0, 0.05) is 0 Å². The van der Waals surface area contributed by atoms with Crippen LogP contribution in [0.3, 0.4) is 0 Å². The van der Waals surface area contributed by atoms with Crippen molar-refractivity contribution >= 4 is 88.4 Å². The van der Waals surface area contributed by atoms with Crippen molar-refractivity contribution in [2.75, 3.05) is 13.2 Å². The topological polar surface area (TPSA) is 9.23 Å². The average molecular weight is 905 g/mol. The van der Waals surface area contributed by atoms with E-state index in [0.29, 0.717) is 13.2 Å². The first-order valence-corrected chi connectivity index (χ1v) is 22.3. The molecule has 1 nitrogen and oxygen atoms in total. The molecule has 5 aromatic carbocycles. The molecule has 8 rings (SSSR count). The predicted octanol–water partition coefficient (Wildman–Crippen LogP) is 12.0. The Morgan fingerprint density at radius 2 is 1.19 bits per heavy atom. The zero-order chi connectivity index (χ0) is 35.8. The van der Waals surface area contributed by atoms with Gasteiger partial charge in [-0.05, 0) is 0 Å². The number of rotatable bonds is 7. The van der Waals surface area contributed by atoms with Gasteiger partial charge in [-0.2, -0.15) is 0 Å². The Hall–Kier alpha value is -3.95. The molecular formula is C47H39OOsPS2+. The van der Waals surface area contributed by atoms with Gasteiger partial charge in [0.15, 0.2) is 0 Å².